The third-order valence-electron chi connectivity index (χ3n) is 3.88. The monoisotopic (exact) mass is 330 g/mol. The van der Waals surface area contributed by atoms with Crippen LogP contribution in [-0.4, -0.2) is 20.9 Å². The van der Waals surface area contributed by atoms with Crippen LogP contribution in [-0.2, 0) is 21.2 Å². The van der Waals surface area contributed by atoms with E-state index >= 15 is 0 Å². The molecule has 1 heterocycles. The number of amides is 1. The zero-order valence-corrected chi connectivity index (χ0v) is 13.6. The van der Waals surface area contributed by atoms with E-state index in [1.807, 2.05) is 6.07 Å². The van der Waals surface area contributed by atoms with Gasteiger partial charge in [0.2, 0.25) is 5.91 Å². The van der Waals surface area contributed by atoms with Crippen molar-refractivity contribution in [2.24, 2.45) is 0 Å². The van der Waals surface area contributed by atoms with E-state index in [1.54, 1.807) is 54.3 Å². The van der Waals surface area contributed by atoms with Gasteiger partial charge in [-0.15, -0.1) is 0 Å². The lowest BCUT2D eigenvalue weighted by molar-refractivity contribution is -0.116. The summed E-state index contributed by atoms with van der Waals surface area (Å²) < 4.78 is 27.3. The van der Waals surface area contributed by atoms with Gasteiger partial charge in [0, 0.05) is 24.8 Å². The predicted octanol–water partition coefficient (Wildman–Crippen LogP) is 2.79. The minimum Gasteiger partial charge on any atom is -0.312 e. The zero-order valence-electron chi connectivity index (χ0n) is 12.8. The molecule has 5 nitrogen and oxygen atoms in total. The second-order valence-electron chi connectivity index (χ2n) is 5.54. The quantitative estimate of drug-likeness (QED) is 0.941. The number of hydrogen-bond donors (Lipinski definition) is 1. The molecule has 1 aliphatic rings. The van der Waals surface area contributed by atoms with Crippen molar-refractivity contribution in [1.29, 1.82) is 0 Å². The molecule has 0 radical (unpaired) electrons. The molecule has 3 rings (SSSR count). The summed E-state index contributed by atoms with van der Waals surface area (Å²) in [7, 11) is -3.60. The fourth-order valence-corrected chi connectivity index (χ4v) is 3.87. The smallest absolute Gasteiger partial charge is 0.261 e. The molecule has 0 saturated carbocycles. The number of carbonyl (C=O) groups is 1. The molecule has 6 heteroatoms. The Hall–Kier alpha value is -2.34. The molecule has 0 fully saturated rings. The van der Waals surface area contributed by atoms with Crippen molar-refractivity contribution in [2.45, 2.75) is 24.7 Å². The molecule has 120 valence electrons. The third kappa shape index (κ3) is 3.22. The van der Waals surface area contributed by atoms with Gasteiger partial charge in [-0.3, -0.25) is 9.52 Å². The van der Waals surface area contributed by atoms with Crippen LogP contribution >= 0.6 is 0 Å². The van der Waals surface area contributed by atoms with E-state index in [1.165, 1.54) is 0 Å². The standard InChI is InChI=1S/C17H18N2O3S/c1-13(20)19-11-5-6-14-12-15(9-10-17(14)19)18-23(21,22)16-7-3-2-4-8-16/h2-4,7-10,12,18H,5-6,11H2,1H3. The third-order valence-corrected chi connectivity index (χ3v) is 5.28. The molecule has 0 aromatic heterocycles. The number of benzene rings is 2. The maximum absolute atomic E-state index is 12.4. The van der Waals surface area contributed by atoms with Crippen LogP contribution in [0, 0.1) is 0 Å². The second-order valence-corrected chi connectivity index (χ2v) is 7.22. The summed E-state index contributed by atoms with van der Waals surface area (Å²) in [5.41, 5.74) is 2.36. The first-order chi connectivity index (χ1) is 11.0. The molecule has 2 aromatic carbocycles. The van der Waals surface area contributed by atoms with Gasteiger partial charge in [-0.2, -0.15) is 0 Å². The minimum atomic E-state index is -3.60. The van der Waals surface area contributed by atoms with Gasteiger partial charge in [-0.1, -0.05) is 18.2 Å². The van der Waals surface area contributed by atoms with Crippen molar-refractivity contribution in [2.75, 3.05) is 16.2 Å². The maximum atomic E-state index is 12.4. The summed E-state index contributed by atoms with van der Waals surface area (Å²) >= 11 is 0. The molecule has 23 heavy (non-hydrogen) atoms. The fourth-order valence-electron chi connectivity index (χ4n) is 2.80. The average molecular weight is 330 g/mol. The lowest BCUT2D eigenvalue weighted by Gasteiger charge is -2.29. The van der Waals surface area contributed by atoms with Crippen LogP contribution in [0.3, 0.4) is 0 Å². The molecule has 1 amide bonds. The van der Waals surface area contributed by atoms with Gasteiger partial charge in [0.25, 0.3) is 10.0 Å². The Bertz CT molecular complexity index is 832. The first-order valence-electron chi connectivity index (χ1n) is 7.46. The number of aryl methyl sites for hydroxylation is 1. The van der Waals surface area contributed by atoms with Gasteiger partial charge in [0.1, 0.15) is 0 Å². The molecular weight excluding hydrogens is 312 g/mol. The van der Waals surface area contributed by atoms with Crippen LogP contribution in [0.4, 0.5) is 11.4 Å². The number of sulfonamides is 1. The van der Waals surface area contributed by atoms with Crippen LogP contribution in [0.5, 0.6) is 0 Å². The van der Waals surface area contributed by atoms with Crippen LogP contribution in [0.25, 0.3) is 0 Å². The normalized spacial score (nSPS) is 14.2. The number of nitrogens with zero attached hydrogens (tertiary/aromatic N) is 1. The Labute approximate surface area is 136 Å². The van der Waals surface area contributed by atoms with E-state index in [9.17, 15) is 13.2 Å². The molecule has 0 bridgehead atoms. The highest BCUT2D eigenvalue weighted by Crippen LogP contribution is 2.30. The molecule has 1 N–H and O–H groups in total. The number of anilines is 2. The number of nitrogens with one attached hydrogen (secondary N) is 1. The molecule has 0 spiro atoms. The van der Waals surface area contributed by atoms with Crippen LogP contribution in [0.1, 0.15) is 18.9 Å². The van der Waals surface area contributed by atoms with Crippen molar-refractivity contribution in [3.05, 3.63) is 54.1 Å². The zero-order chi connectivity index (χ0) is 16.4. The Morgan fingerprint density at radius 1 is 1.13 bits per heavy atom. The average Bonchev–Trinajstić information content (AvgIpc) is 2.54. The number of carbonyl (C=O) groups excluding carboxylic acids is 1. The van der Waals surface area contributed by atoms with E-state index in [2.05, 4.69) is 4.72 Å². The highest BCUT2D eigenvalue weighted by atomic mass is 32.2. The van der Waals surface area contributed by atoms with E-state index in [0.717, 1.165) is 24.1 Å². The Morgan fingerprint density at radius 3 is 2.57 bits per heavy atom. The molecule has 0 atom stereocenters. The summed E-state index contributed by atoms with van der Waals surface area (Å²) in [6, 6.07) is 13.6. The van der Waals surface area contributed by atoms with E-state index in [4.69, 9.17) is 0 Å². The minimum absolute atomic E-state index is 0.00330. The molecule has 0 saturated heterocycles. The first kappa shape index (κ1) is 15.6. The summed E-state index contributed by atoms with van der Waals surface area (Å²) in [6.45, 7) is 2.25. The van der Waals surface area contributed by atoms with E-state index < -0.39 is 10.0 Å². The molecule has 0 unspecified atom stereocenters. The van der Waals surface area contributed by atoms with Gasteiger partial charge in [-0.05, 0) is 48.7 Å². The van der Waals surface area contributed by atoms with E-state index in [0.29, 0.717) is 12.2 Å². The summed E-state index contributed by atoms with van der Waals surface area (Å²) in [4.78, 5) is 13.6. The lowest BCUT2D eigenvalue weighted by atomic mass is 10.0. The maximum Gasteiger partial charge on any atom is 0.261 e. The van der Waals surface area contributed by atoms with Crippen LogP contribution in [0.15, 0.2) is 53.4 Å². The molecular formula is C17H18N2O3S. The Morgan fingerprint density at radius 2 is 1.87 bits per heavy atom. The first-order valence-corrected chi connectivity index (χ1v) is 8.94. The van der Waals surface area contributed by atoms with Gasteiger partial charge in [-0.25, -0.2) is 8.42 Å². The van der Waals surface area contributed by atoms with Crippen molar-refractivity contribution in [3.63, 3.8) is 0 Å². The lowest BCUT2D eigenvalue weighted by Crippen LogP contribution is -2.33. The molecule has 1 aliphatic heterocycles. The fraction of sp³-hybridized carbons (Fsp3) is 0.235. The van der Waals surface area contributed by atoms with Gasteiger partial charge >= 0.3 is 0 Å². The van der Waals surface area contributed by atoms with Crippen molar-refractivity contribution in [1.82, 2.24) is 0 Å². The largest absolute Gasteiger partial charge is 0.312 e. The highest BCUT2D eigenvalue weighted by Gasteiger charge is 2.21. The summed E-state index contributed by atoms with van der Waals surface area (Å²) in [6.07, 6.45) is 1.71. The van der Waals surface area contributed by atoms with Gasteiger partial charge < -0.3 is 4.90 Å². The van der Waals surface area contributed by atoms with Crippen LogP contribution < -0.4 is 9.62 Å². The molecule has 0 aliphatic carbocycles. The molecule has 2 aromatic rings. The van der Waals surface area contributed by atoms with E-state index in [-0.39, 0.29) is 10.8 Å². The van der Waals surface area contributed by atoms with Gasteiger partial charge in [0.15, 0.2) is 0 Å². The highest BCUT2D eigenvalue weighted by molar-refractivity contribution is 7.92. The SMILES string of the molecule is CC(=O)N1CCCc2cc(NS(=O)(=O)c3ccccc3)ccc21. The van der Waals surface area contributed by atoms with Gasteiger partial charge in [0.05, 0.1) is 4.90 Å². The number of hydrogen-bond acceptors (Lipinski definition) is 3. The summed E-state index contributed by atoms with van der Waals surface area (Å²) in [5.74, 6) is 0.00330. The Balaban J connectivity index is 1.90. The predicted molar refractivity (Wildman–Crippen MR) is 90.0 cm³/mol. The number of fused-ring (bicyclic) bond motifs is 1. The topological polar surface area (TPSA) is 66.5 Å². The van der Waals surface area contributed by atoms with Crippen LogP contribution in [0.2, 0.25) is 0 Å². The summed E-state index contributed by atoms with van der Waals surface area (Å²) in [5, 5.41) is 0. The van der Waals surface area contributed by atoms with Crippen molar-refractivity contribution >= 4 is 27.3 Å². The van der Waals surface area contributed by atoms with Crippen molar-refractivity contribution in [3.8, 4) is 0 Å². The second kappa shape index (κ2) is 6.04. The Kier molecular flexibility index (Phi) is 4.09. The van der Waals surface area contributed by atoms with Crippen molar-refractivity contribution < 1.29 is 13.2 Å². The number of rotatable bonds is 3.